The van der Waals surface area contributed by atoms with Crippen molar-refractivity contribution in [2.24, 2.45) is 16.7 Å². The third-order valence-electron chi connectivity index (χ3n) is 3.48. The van der Waals surface area contributed by atoms with Gasteiger partial charge in [-0.05, 0) is 17.8 Å². The van der Waals surface area contributed by atoms with Crippen molar-refractivity contribution < 1.29 is 28.6 Å². The van der Waals surface area contributed by atoms with Crippen LogP contribution in [0.2, 0.25) is 0 Å². The summed E-state index contributed by atoms with van der Waals surface area (Å²) in [6.45, 7) is 17.0. The SMILES string of the molecule is C=C(C)C(=O)OCCNC(=O)OCCOC(=O)C(C(C)(C)C)C(C)(C)C. The fraction of sp³-hybridized carbons (Fsp3) is 0.737. The minimum atomic E-state index is -0.671. The van der Waals surface area contributed by atoms with E-state index in [1.54, 1.807) is 0 Å². The molecular weight excluding hydrogens is 338 g/mol. The third-order valence-corrected chi connectivity index (χ3v) is 3.48. The Hall–Kier alpha value is -2.05. The van der Waals surface area contributed by atoms with E-state index in [9.17, 15) is 14.4 Å². The zero-order chi connectivity index (χ0) is 20.5. The summed E-state index contributed by atoms with van der Waals surface area (Å²) < 4.78 is 15.0. The number of alkyl carbamates (subject to hydrolysis) is 1. The molecule has 1 N–H and O–H groups in total. The van der Waals surface area contributed by atoms with E-state index in [4.69, 9.17) is 14.2 Å². The van der Waals surface area contributed by atoms with E-state index in [0.717, 1.165) is 0 Å². The Bertz CT molecular complexity index is 499. The van der Waals surface area contributed by atoms with Crippen LogP contribution >= 0.6 is 0 Å². The van der Waals surface area contributed by atoms with E-state index < -0.39 is 12.1 Å². The molecule has 0 aliphatic heterocycles. The second-order valence-electron chi connectivity index (χ2n) is 8.31. The highest BCUT2D eigenvalue weighted by Gasteiger charge is 2.41. The van der Waals surface area contributed by atoms with E-state index >= 15 is 0 Å². The first kappa shape index (κ1) is 23.9. The van der Waals surface area contributed by atoms with E-state index in [1.165, 1.54) is 6.92 Å². The normalized spacial score (nSPS) is 11.7. The quantitative estimate of drug-likeness (QED) is 0.305. The number of carbonyl (C=O) groups excluding carboxylic acids is 3. The monoisotopic (exact) mass is 371 g/mol. The predicted octanol–water partition coefficient (Wildman–Crippen LogP) is 3.08. The largest absolute Gasteiger partial charge is 0.462 e. The number of rotatable bonds is 8. The minimum absolute atomic E-state index is 0.0143. The maximum absolute atomic E-state index is 12.4. The summed E-state index contributed by atoms with van der Waals surface area (Å²) in [7, 11) is 0. The summed E-state index contributed by atoms with van der Waals surface area (Å²) in [4.78, 5) is 35.0. The molecular formula is C19H33NO6. The molecule has 7 heteroatoms. The first-order valence-electron chi connectivity index (χ1n) is 8.66. The molecule has 0 fully saturated rings. The van der Waals surface area contributed by atoms with E-state index in [1.807, 2.05) is 41.5 Å². The third kappa shape index (κ3) is 9.44. The maximum Gasteiger partial charge on any atom is 0.407 e. The summed E-state index contributed by atoms with van der Waals surface area (Å²) >= 11 is 0. The molecule has 0 unspecified atom stereocenters. The lowest BCUT2D eigenvalue weighted by Crippen LogP contribution is -2.40. The molecule has 0 saturated carbocycles. The summed E-state index contributed by atoms with van der Waals surface area (Å²) in [5, 5.41) is 2.43. The van der Waals surface area contributed by atoms with Crippen LogP contribution in [0.3, 0.4) is 0 Å². The molecule has 0 aliphatic carbocycles. The molecule has 1 amide bonds. The van der Waals surface area contributed by atoms with Gasteiger partial charge >= 0.3 is 18.0 Å². The molecule has 0 rings (SSSR count). The van der Waals surface area contributed by atoms with Gasteiger partial charge in [-0.2, -0.15) is 0 Å². The molecule has 0 radical (unpaired) electrons. The Morgan fingerprint density at radius 3 is 1.85 bits per heavy atom. The Labute approximate surface area is 156 Å². The van der Waals surface area contributed by atoms with Crippen LogP contribution in [0.25, 0.3) is 0 Å². The lowest BCUT2D eigenvalue weighted by atomic mass is 9.67. The molecule has 0 aliphatic rings. The van der Waals surface area contributed by atoms with Gasteiger partial charge in [0.15, 0.2) is 0 Å². The zero-order valence-corrected chi connectivity index (χ0v) is 17.1. The van der Waals surface area contributed by atoms with E-state index in [0.29, 0.717) is 5.57 Å². The molecule has 0 bridgehead atoms. The second-order valence-corrected chi connectivity index (χ2v) is 8.31. The van der Waals surface area contributed by atoms with Gasteiger partial charge in [0.1, 0.15) is 19.8 Å². The highest BCUT2D eigenvalue weighted by Crippen LogP contribution is 2.40. The van der Waals surface area contributed by atoms with Gasteiger partial charge in [0, 0.05) is 5.57 Å². The Kier molecular flexibility index (Phi) is 9.38. The topological polar surface area (TPSA) is 90.9 Å². The minimum Gasteiger partial charge on any atom is -0.462 e. The number of amides is 1. The molecule has 7 nitrogen and oxygen atoms in total. The van der Waals surface area contributed by atoms with Gasteiger partial charge in [-0.25, -0.2) is 9.59 Å². The van der Waals surface area contributed by atoms with Gasteiger partial charge in [0.25, 0.3) is 0 Å². The van der Waals surface area contributed by atoms with Crippen molar-refractivity contribution >= 4 is 18.0 Å². The van der Waals surface area contributed by atoms with Gasteiger partial charge < -0.3 is 19.5 Å². The Balaban J connectivity index is 4.10. The highest BCUT2D eigenvalue weighted by molar-refractivity contribution is 5.86. The van der Waals surface area contributed by atoms with Crippen molar-refractivity contribution in [3.63, 3.8) is 0 Å². The van der Waals surface area contributed by atoms with Gasteiger partial charge in [-0.1, -0.05) is 48.1 Å². The highest BCUT2D eigenvalue weighted by atomic mass is 16.6. The molecule has 0 aromatic rings. The van der Waals surface area contributed by atoms with Crippen LogP contribution < -0.4 is 5.32 Å². The van der Waals surface area contributed by atoms with Crippen LogP contribution in [-0.2, 0) is 23.8 Å². The van der Waals surface area contributed by atoms with Crippen molar-refractivity contribution in [1.82, 2.24) is 5.32 Å². The standard InChI is InChI=1S/C19H33NO6/c1-13(2)15(21)24-10-9-20-17(23)26-12-11-25-16(22)14(18(3,4)5)19(6,7)8/h14H,1,9-12H2,2-8H3,(H,20,23). The number of hydrogen-bond donors (Lipinski definition) is 1. The van der Waals surface area contributed by atoms with E-state index in [-0.39, 0.29) is 49.1 Å². The molecule has 0 saturated heterocycles. The molecule has 0 heterocycles. The van der Waals surface area contributed by atoms with Crippen molar-refractivity contribution in [2.75, 3.05) is 26.4 Å². The average Bonchev–Trinajstić information content (AvgIpc) is 2.44. The average molecular weight is 371 g/mol. The number of hydrogen-bond acceptors (Lipinski definition) is 6. The van der Waals surface area contributed by atoms with Gasteiger partial charge in [-0.3, -0.25) is 4.79 Å². The van der Waals surface area contributed by atoms with Crippen LogP contribution in [0.5, 0.6) is 0 Å². The molecule has 0 atom stereocenters. The number of esters is 2. The molecule has 0 aromatic carbocycles. The number of carbonyl (C=O) groups is 3. The lowest BCUT2D eigenvalue weighted by molar-refractivity contribution is -0.159. The summed E-state index contributed by atoms with van der Waals surface area (Å²) in [5.74, 6) is -1.10. The maximum atomic E-state index is 12.4. The van der Waals surface area contributed by atoms with Crippen molar-refractivity contribution in [1.29, 1.82) is 0 Å². The molecule has 0 aromatic heterocycles. The predicted molar refractivity (Wildman–Crippen MR) is 98.5 cm³/mol. The molecule has 0 spiro atoms. The van der Waals surface area contributed by atoms with Gasteiger partial charge in [-0.15, -0.1) is 0 Å². The smallest absolute Gasteiger partial charge is 0.407 e. The van der Waals surface area contributed by atoms with E-state index in [2.05, 4.69) is 11.9 Å². The van der Waals surface area contributed by atoms with Crippen LogP contribution in [0.4, 0.5) is 4.79 Å². The van der Waals surface area contributed by atoms with Crippen molar-refractivity contribution in [2.45, 2.75) is 48.5 Å². The van der Waals surface area contributed by atoms with Crippen molar-refractivity contribution in [3.8, 4) is 0 Å². The van der Waals surface area contributed by atoms with Gasteiger partial charge in [0.05, 0.1) is 12.5 Å². The first-order chi connectivity index (χ1) is 11.8. The van der Waals surface area contributed by atoms with Crippen LogP contribution in [0, 0.1) is 16.7 Å². The Morgan fingerprint density at radius 2 is 1.38 bits per heavy atom. The lowest BCUT2D eigenvalue weighted by Gasteiger charge is -2.38. The van der Waals surface area contributed by atoms with Crippen LogP contribution in [0.1, 0.15) is 48.5 Å². The van der Waals surface area contributed by atoms with Gasteiger partial charge in [0.2, 0.25) is 0 Å². The summed E-state index contributed by atoms with van der Waals surface area (Å²) in [6.07, 6.45) is -0.671. The number of ether oxygens (including phenoxy) is 3. The molecule has 26 heavy (non-hydrogen) atoms. The summed E-state index contributed by atoms with van der Waals surface area (Å²) in [5.41, 5.74) is -0.193. The number of nitrogens with one attached hydrogen (secondary N) is 1. The van der Waals surface area contributed by atoms with Crippen LogP contribution in [-0.4, -0.2) is 44.4 Å². The summed E-state index contributed by atoms with van der Waals surface area (Å²) in [6, 6.07) is 0. The second kappa shape index (κ2) is 10.2. The zero-order valence-electron chi connectivity index (χ0n) is 17.1. The molecule has 150 valence electrons. The Morgan fingerprint density at radius 1 is 0.885 bits per heavy atom. The fourth-order valence-corrected chi connectivity index (χ4v) is 2.84. The first-order valence-corrected chi connectivity index (χ1v) is 8.66. The van der Waals surface area contributed by atoms with Crippen LogP contribution in [0.15, 0.2) is 12.2 Å². The fourth-order valence-electron chi connectivity index (χ4n) is 2.84. The van der Waals surface area contributed by atoms with Crippen molar-refractivity contribution in [3.05, 3.63) is 12.2 Å².